The van der Waals surface area contributed by atoms with Crippen molar-refractivity contribution in [2.75, 3.05) is 6.61 Å². The molecule has 0 aromatic heterocycles. The first kappa shape index (κ1) is 9.71. The number of benzene rings is 1. The number of hydrogen-bond donors (Lipinski definition) is 0. The molecule has 0 aliphatic carbocycles. The second-order valence-corrected chi connectivity index (χ2v) is 4.29. The molecule has 0 spiro atoms. The predicted molar refractivity (Wildman–Crippen MR) is 57.1 cm³/mol. The van der Waals surface area contributed by atoms with Crippen LogP contribution in [0, 0.1) is 0 Å². The van der Waals surface area contributed by atoms with Crippen molar-refractivity contribution in [2.24, 2.45) is 0 Å². The van der Waals surface area contributed by atoms with Gasteiger partial charge in [0.25, 0.3) is 0 Å². The lowest BCUT2D eigenvalue weighted by Gasteiger charge is -2.22. The molecule has 1 aliphatic heterocycles. The van der Waals surface area contributed by atoms with E-state index < -0.39 is 0 Å². The molecule has 1 aromatic carbocycles. The first-order chi connectivity index (χ1) is 6.77. The van der Waals surface area contributed by atoms with E-state index in [0.717, 1.165) is 10.9 Å². The van der Waals surface area contributed by atoms with Crippen molar-refractivity contribution >= 4 is 21.9 Å². The maximum absolute atomic E-state index is 11.1. The van der Waals surface area contributed by atoms with Crippen molar-refractivity contribution in [3.63, 3.8) is 0 Å². The molecule has 0 saturated carbocycles. The summed E-state index contributed by atoms with van der Waals surface area (Å²) in [6.45, 7) is 0.546. The van der Waals surface area contributed by atoms with Crippen LogP contribution in [0.3, 0.4) is 0 Å². The molecule has 14 heavy (non-hydrogen) atoms. The largest absolute Gasteiger partial charge is 0.466 e. The normalized spacial score (nSPS) is 21.8. The molecule has 1 saturated heterocycles. The van der Waals surface area contributed by atoms with Gasteiger partial charge in [0.2, 0.25) is 0 Å². The molecule has 74 valence electrons. The molecule has 0 amide bonds. The summed E-state index contributed by atoms with van der Waals surface area (Å²) in [5.74, 6) is 0.226. The average Bonchev–Trinajstić information content (AvgIpc) is 2.18. The van der Waals surface area contributed by atoms with Crippen molar-refractivity contribution in [1.29, 1.82) is 0 Å². The predicted octanol–water partition coefficient (Wildman–Crippen LogP) is 2.87. The van der Waals surface area contributed by atoms with Gasteiger partial charge in [-0.15, -0.1) is 0 Å². The monoisotopic (exact) mass is 254 g/mol. The van der Waals surface area contributed by atoms with Crippen LogP contribution in [0.5, 0.6) is 0 Å². The van der Waals surface area contributed by atoms with Gasteiger partial charge in [0.1, 0.15) is 0 Å². The van der Waals surface area contributed by atoms with Crippen LogP contribution >= 0.6 is 15.9 Å². The highest BCUT2D eigenvalue weighted by Gasteiger charge is 2.23. The summed E-state index contributed by atoms with van der Waals surface area (Å²) < 4.78 is 6.00. The van der Waals surface area contributed by atoms with E-state index in [0.29, 0.717) is 18.9 Å². The highest BCUT2D eigenvalue weighted by molar-refractivity contribution is 9.10. The Labute approximate surface area is 91.4 Å². The lowest BCUT2D eigenvalue weighted by molar-refractivity contribution is -0.147. The second-order valence-electron chi connectivity index (χ2n) is 3.43. The van der Waals surface area contributed by atoms with Crippen LogP contribution < -0.4 is 0 Å². The molecule has 1 fully saturated rings. The van der Waals surface area contributed by atoms with Crippen LogP contribution in [0.25, 0.3) is 0 Å². The zero-order chi connectivity index (χ0) is 9.97. The van der Waals surface area contributed by atoms with Crippen molar-refractivity contribution in [3.8, 4) is 0 Å². The Morgan fingerprint density at radius 1 is 1.36 bits per heavy atom. The van der Waals surface area contributed by atoms with Gasteiger partial charge < -0.3 is 4.74 Å². The van der Waals surface area contributed by atoms with Gasteiger partial charge >= 0.3 is 5.97 Å². The molecule has 0 radical (unpaired) electrons. The lowest BCUT2D eigenvalue weighted by Crippen LogP contribution is -2.19. The fourth-order valence-corrected chi connectivity index (χ4v) is 2.36. The fourth-order valence-electron chi connectivity index (χ4n) is 1.75. The van der Waals surface area contributed by atoms with Crippen molar-refractivity contribution in [1.82, 2.24) is 0 Å². The fraction of sp³-hybridized carbons (Fsp3) is 0.364. The molecular formula is C11H11BrO2. The first-order valence-electron chi connectivity index (χ1n) is 4.67. The van der Waals surface area contributed by atoms with Gasteiger partial charge in [-0.2, -0.15) is 0 Å². The summed E-state index contributed by atoms with van der Waals surface area (Å²) in [5.41, 5.74) is 1.21. The van der Waals surface area contributed by atoms with Crippen LogP contribution in [-0.4, -0.2) is 12.6 Å². The van der Waals surface area contributed by atoms with Crippen LogP contribution in [0.4, 0.5) is 0 Å². The van der Waals surface area contributed by atoms with E-state index in [-0.39, 0.29) is 5.97 Å². The molecular weight excluding hydrogens is 244 g/mol. The Kier molecular flexibility index (Phi) is 2.87. The van der Waals surface area contributed by atoms with E-state index in [1.807, 2.05) is 18.2 Å². The quantitative estimate of drug-likeness (QED) is 0.721. The Morgan fingerprint density at radius 2 is 2.14 bits per heavy atom. The Bertz CT molecular complexity index is 349. The van der Waals surface area contributed by atoms with E-state index in [1.165, 1.54) is 5.56 Å². The molecule has 1 unspecified atom stereocenters. The number of rotatable bonds is 1. The Hall–Kier alpha value is -0.830. The molecule has 1 heterocycles. The summed E-state index contributed by atoms with van der Waals surface area (Å²) in [7, 11) is 0. The lowest BCUT2D eigenvalue weighted by atomic mass is 9.91. The average molecular weight is 255 g/mol. The number of hydrogen-bond acceptors (Lipinski definition) is 2. The van der Waals surface area contributed by atoms with Crippen LogP contribution in [-0.2, 0) is 9.53 Å². The number of ether oxygens (including phenoxy) is 1. The minimum absolute atomic E-state index is 0.0861. The Morgan fingerprint density at radius 3 is 2.86 bits per heavy atom. The van der Waals surface area contributed by atoms with Gasteiger partial charge in [-0.25, -0.2) is 0 Å². The van der Waals surface area contributed by atoms with Gasteiger partial charge in [-0.05, 0) is 24.0 Å². The van der Waals surface area contributed by atoms with E-state index >= 15 is 0 Å². The number of halogens is 1. The molecule has 3 heteroatoms. The smallest absolute Gasteiger partial charge is 0.306 e. The van der Waals surface area contributed by atoms with Crippen LogP contribution in [0.2, 0.25) is 0 Å². The van der Waals surface area contributed by atoms with Crippen molar-refractivity contribution in [2.45, 2.75) is 18.8 Å². The van der Waals surface area contributed by atoms with Gasteiger partial charge in [0.05, 0.1) is 13.0 Å². The maximum Gasteiger partial charge on any atom is 0.306 e. The third-order valence-electron chi connectivity index (χ3n) is 2.49. The van der Waals surface area contributed by atoms with Gasteiger partial charge in [-0.3, -0.25) is 4.79 Å². The molecule has 2 rings (SSSR count). The highest BCUT2D eigenvalue weighted by atomic mass is 79.9. The zero-order valence-electron chi connectivity index (χ0n) is 7.70. The van der Waals surface area contributed by atoms with E-state index in [1.54, 1.807) is 0 Å². The van der Waals surface area contributed by atoms with E-state index in [9.17, 15) is 4.79 Å². The maximum atomic E-state index is 11.1. The topological polar surface area (TPSA) is 26.3 Å². The molecule has 1 aliphatic rings. The number of carbonyl (C=O) groups excluding carboxylic acids is 1. The summed E-state index contributed by atoms with van der Waals surface area (Å²) in [6, 6.07) is 8.05. The van der Waals surface area contributed by atoms with Crippen LogP contribution in [0.15, 0.2) is 28.7 Å². The SMILES string of the molecule is O=C1CC(c2ccccc2Br)CCO1. The van der Waals surface area contributed by atoms with Gasteiger partial charge in [0, 0.05) is 4.47 Å². The zero-order valence-corrected chi connectivity index (χ0v) is 9.29. The summed E-state index contributed by atoms with van der Waals surface area (Å²) in [4.78, 5) is 11.1. The third-order valence-corrected chi connectivity index (χ3v) is 3.21. The second kappa shape index (κ2) is 4.13. The standard InChI is InChI=1S/C11H11BrO2/c12-10-4-2-1-3-9(10)8-5-6-14-11(13)7-8/h1-4,8H,5-7H2. The third kappa shape index (κ3) is 1.98. The minimum Gasteiger partial charge on any atom is -0.466 e. The summed E-state index contributed by atoms with van der Waals surface area (Å²) >= 11 is 3.50. The molecule has 1 aromatic rings. The Balaban J connectivity index is 2.22. The molecule has 2 nitrogen and oxygen atoms in total. The highest BCUT2D eigenvalue weighted by Crippen LogP contribution is 2.32. The number of esters is 1. The minimum atomic E-state index is -0.0861. The summed E-state index contributed by atoms with van der Waals surface area (Å²) in [6.07, 6.45) is 1.43. The van der Waals surface area contributed by atoms with E-state index in [4.69, 9.17) is 4.74 Å². The van der Waals surface area contributed by atoms with Crippen molar-refractivity contribution < 1.29 is 9.53 Å². The van der Waals surface area contributed by atoms with Crippen molar-refractivity contribution in [3.05, 3.63) is 34.3 Å². The van der Waals surface area contributed by atoms with Crippen LogP contribution in [0.1, 0.15) is 24.3 Å². The first-order valence-corrected chi connectivity index (χ1v) is 5.46. The molecule has 1 atom stereocenters. The van der Waals surface area contributed by atoms with Gasteiger partial charge in [-0.1, -0.05) is 34.1 Å². The number of cyclic esters (lactones) is 1. The van der Waals surface area contributed by atoms with Gasteiger partial charge in [0.15, 0.2) is 0 Å². The van der Waals surface area contributed by atoms with E-state index in [2.05, 4.69) is 22.0 Å². The summed E-state index contributed by atoms with van der Waals surface area (Å²) in [5, 5.41) is 0. The molecule has 0 N–H and O–H groups in total. The molecule has 0 bridgehead atoms. The number of carbonyl (C=O) groups is 1.